The number of pyridine rings is 1. The SMILES string of the molecule is CCNC(=NCc1ccc(-n2nc(C)cc2C)nc1)NCC(C)(C)OC. The fourth-order valence-electron chi connectivity index (χ4n) is 2.38. The van der Waals surface area contributed by atoms with Crippen LogP contribution in [0.4, 0.5) is 0 Å². The lowest BCUT2D eigenvalue weighted by atomic mass is 10.1. The minimum atomic E-state index is -0.251. The van der Waals surface area contributed by atoms with Gasteiger partial charge in [-0.05, 0) is 52.3 Å². The largest absolute Gasteiger partial charge is 0.377 e. The second kappa shape index (κ2) is 8.80. The molecule has 0 atom stereocenters. The van der Waals surface area contributed by atoms with Gasteiger partial charge in [-0.1, -0.05) is 6.07 Å². The Hall–Kier alpha value is -2.41. The highest BCUT2D eigenvalue weighted by Gasteiger charge is 2.16. The maximum atomic E-state index is 5.43. The van der Waals surface area contributed by atoms with Crippen molar-refractivity contribution in [3.63, 3.8) is 0 Å². The van der Waals surface area contributed by atoms with Gasteiger partial charge in [0, 0.05) is 32.1 Å². The van der Waals surface area contributed by atoms with Crippen molar-refractivity contribution in [2.75, 3.05) is 20.2 Å². The van der Waals surface area contributed by atoms with Crippen LogP contribution in [0, 0.1) is 13.8 Å². The number of aliphatic imine (C=N–C) groups is 1. The number of hydrogen-bond donors (Lipinski definition) is 2. The molecule has 7 heteroatoms. The van der Waals surface area contributed by atoms with Crippen LogP contribution in [0.15, 0.2) is 29.4 Å². The Morgan fingerprint density at radius 1 is 1.27 bits per heavy atom. The predicted octanol–water partition coefficient (Wildman–Crippen LogP) is 2.36. The molecule has 0 aliphatic heterocycles. The zero-order valence-corrected chi connectivity index (χ0v) is 16.6. The van der Waals surface area contributed by atoms with Gasteiger partial charge in [0.2, 0.25) is 0 Å². The van der Waals surface area contributed by atoms with Crippen molar-refractivity contribution in [3.8, 4) is 5.82 Å². The van der Waals surface area contributed by atoms with E-state index in [0.717, 1.165) is 35.3 Å². The van der Waals surface area contributed by atoms with E-state index < -0.39 is 0 Å². The Labute approximate surface area is 155 Å². The number of nitrogens with one attached hydrogen (secondary N) is 2. The van der Waals surface area contributed by atoms with E-state index in [1.807, 2.05) is 63.7 Å². The molecule has 0 aromatic carbocycles. The third-order valence-corrected chi connectivity index (χ3v) is 4.03. The topological polar surface area (TPSA) is 76.4 Å². The van der Waals surface area contributed by atoms with Crippen molar-refractivity contribution in [3.05, 3.63) is 41.3 Å². The van der Waals surface area contributed by atoms with E-state index in [1.54, 1.807) is 7.11 Å². The minimum absolute atomic E-state index is 0.251. The summed E-state index contributed by atoms with van der Waals surface area (Å²) in [5.74, 6) is 1.58. The van der Waals surface area contributed by atoms with Crippen LogP contribution in [0.5, 0.6) is 0 Å². The highest BCUT2D eigenvalue weighted by Crippen LogP contribution is 2.11. The number of hydrogen-bond acceptors (Lipinski definition) is 4. The van der Waals surface area contributed by atoms with Crippen LogP contribution in [0.2, 0.25) is 0 Å². The average molecular weight is 358 g/mol. The molecule has 0 aliphatic rings. The smallest absolute Gasteiger partial charge is 0.191 e. The molecular weight excluding hydrogens is 328 g/mol. The van der Waals surface area contributed by atoms with Crippen LogP contribution < -0.4 is 10.6 Å². The molecule has 0 unspecified atom stereocenters. The monoisotopic (exact) mass is 358 g/mol. The molecule has 0 fully saturated rings. The number of aromatic nitrogens is 3. The maximum absolute atomic E-state index is 5.43. The molecule has 0 spiro atoms. The molecule has 0 aliphatic carbocycles. The molecule has 2 N–H and O–H groups in total. The van der Waals surface area contributed by atoms with Crippen molar-refractivity contribution < 1.29 is 4.74 Å². The molecule has 2 heterocycles. The Balaban J connectivity index is 2.03. The summed E-state index contributed by atoms with van der Waals surface area (Å²) in [6.45, 7) is 12.1. The van der Waals surface area contributed by atoms with Crippen LogP contribution in [0.3, 0.4) is 0 Å². The van der Waals surface area contributed by atoms with Crippen molar-refractivity contribution >= 4 is 5.96 Å². The highest BCUT2D eigenvalue weighted by molar-refractivity contribution is 5.79. The van der Waals surface area contributed by atoms with Gasteiger partial charge in [-0.2, -0.15) is 5.10 Å². The third-order valence-electron chi connectivity index (χ3n) is 4.03. The van der Waals surface area contributed by atoms with Gasteiger partial charge < -0.3 is 15.4 Å². The van der Waals surface area contributed by atoms with Gasteiger partial charge in [-0.3, -0.25) is 0 Å². The van der Waals surface area contributed by atoms with E-state index in [-0.39, 0.29) is 5.60 Å². The molecule has 0 bridgehead atoms. The van der Waals surface area contributed by atoms with Crippen LogP contribution in [0.1, 0.15) is 37.7 Å². The number of nitrogens with zero attached hydrogens (tertiary/aromatic N) is 4. The van der Waals surface area contributed by atoms with Gasteiger partial charge in [-0.15, -0.1) is 0 Å². The van der Waals surface area contributed by atoms with E-state index >= 15 is 0 Å². The zero-order valence-electron chi connectivity index (χ0n) is 16.6. The second-order valence-corrected chi connectivity index (χ2v) is 6.88. The summed E-state index contributed by atoms with van der Waals surface area (Å²) in [5.41, 5.74) is 2.84. The Kier molecular flexibility index (Phi) is 6.74. The molecule has 0 amide bonds. The number of guanidine groups is 1. The molecular formula is C19H30N6O. The van der Waals surface area contributed by atoms with E-state index in [4.69, 9.17) is 4.74 Å². The summed E-state index contributed by atoms with van der Waals surface area (Å²) in [6, 6.07) is 6.04. The Bertz CT molecular complexity index is 733. The third kappa shape index (κ3) is 5.56. The average Bonchev–Trinajstić information content (AvgIpc) is 2.96. The molecule has 26 heavy (non-hydrogen) atoms. The number of methoxy groups -OCH3 is 1. The van der Waals surface area contributed by atoms with Gasteiger partial charge in [0.25, 0.3) is 0 Å². The highest BCUT2D eigenvalue weighted by atomic mass is 16.5. The van der Waals surface area contributed by atoms with Crippen LogP contribution in [0.25, 0.3) is 5.82 Å². The van der Waals surface area contributed by atoms with Gasteiger partial charge in [0.15, 0.2) is 11.8 Å². The fraction of sp³-hybridized carbons (Fsp3) is 0.526. The van der Waals surface area contributed by atoms with Crippen LogP contribution >= 0.6 is 0 Å². The number of ether oxygens (including phenoxy) is 1. The maximum Gasteiger partial charge on any atom is 0.191 e. The molecule has 7 nitrogen and oxygen atoms in total. The van der Waals surface area contributed by atoms with E-state index in [1.165, 1.54) is 0 Å². The molecule has 2 aromatic heterocycles. The van der Waals surface area contributed by atoms with Crippen molar-refractivity contribution in [1.82, 2.24) is 25.4 Å². The van der Waals surface area contributed by atoms with Crippen molar-refractivity contribution in [1.29, 1.82) is 0 Å². The lowest BCUT2D eigenvalue weighted by molar-refractivity contribution is 0.0268. The summed E-state index contributed by atoms with van der Waals surface area (Å²) < 4.78 is 7.28. The van der Waals surface area contributed by atoms with E-state index in [0.29, 0.717) is 13.1 Å². The zero-order chi connectivity index (χ0) is 19.2. The molecule has 142 valence electrons. The van der Waals surface area contributed by atoms with E-state index in [9.17, 15) is 0 Å². The van der Waals surface area contributed by atoms with Gasteiger partial charge in [0.05, 0.1) is 17.8 Å². The van der Waals surface area contributed by atoms with Gasteiger partial charge in [0.1, 0.15) is 0 Å². The lowest BCUT2D eigenvalue weighted by Gasteiger charge is -2.24. The predicted molar refractivity (Wildman–Crippen MR) is 105 cm³/mol. The first kappa shape index (κ1) is 19.9. The minimum Gasteiger partial charge on any atom is -0.377 e. The molecule has 0 radical (unpaired) electrons. The standard InChI is InChI=1S/C19H30N6O/c1-7-20-18(23-13-19(4,5)26-6)22-12-16-8-9-17(21-11-16)25-15(3)10-14(2)24-25/h8-11H,7,12-13H2,1-6H3,(H2,20,22,23). The Morgan fingerprint density at radius 3 is 2.58 bits per heavy atom. The number of rotatable bonds is 7. The normalized spacial score (nSPS) is 12.3. The first-order chi connectivity index (χ1) is 12.3. The van der Waals surface area contributed by atoms with Crippen molar-refractivity contribution in [2.45, 2.75) is 46.8 Å². The van der Waals surface area contributed by atoms with Gasteiger partial charge in [-0.25, -0.2) is 14.7 Å². The lowest BCUT2D eigenvalue weighted by Crippen LogP contribution is -2.45. The summed E-state index contributed by atoms with van der Waals surface area (Å²) in [7, 11) is 1.71. The summed E-state index contributed by atoms with van der Waals surface area (Å²) in [6.07, 6.45) is 1.85. The number of aryl methyl sites for hydroxylation is 2. The quantitative estimate of drug-likeness (QED) is 0.587. The summed E-state index contributed by atoms with van der Waals surface area (Å²) >= 11 is 0. The van der Waals surface area contributed by atoms with Crippen LogP contribution in [-0.2, 0) is 11.3 Å². The summed E-state index contributed by atoms with van der Waals surface area (Å²) in [4.78, 5) is 9.14. The molecule has 0 saturated carbocycles. The molecule has 2 rings (SSSR count). The van der Waals surface area contributed by atoms with Crippen molar-refractivity contribution in [2.24, 2.45) is 4.99 Å². The first-order valence-electron chi connectivity index (χ1n) is 8.90. The molecule has 0 saturated heterocycles. The second-order valence-electron chi connectivity index (χ2n) is 6.88. The summed E-state index contributed by atoms with van der Waals surface area (Å²) in [5, 5.41) is 11.0. The first-order valence-corrected chi connectivity index (χ1v) is 8.90. The van der Waals surface area contributed by atoms with Crippen LogP contribution in [-0.4, -0.2) is 46.5 Å². The fourth-order valence-corrected chi connectivity index (χ4v) is 2.38. The van der Waals surface area contributed by atoms with Gasteiger partial charge >= 0.3 is 0 Å². The molecule has 2 aromatic rings. The van der Waals surface area contributed by atoms with E-state index in [2.05, 4.69) is 25.7 Å². The Morgan fingerprint density at radius 2 is 2.04 bits per heavy atom.